The molecule has 0 unspecified atom stereocenters. The van der Waals surface area contributed by atoms with Gasteiger partial charge in [0.1, 0.15) is 11.6 Å². The summed E-state index contributed by atoms with van der Waals surface area (Å²) in [4.78, 5) is 8.68. The van der Waals surface area contributed by atoms with Gasteiger partial charge in [-0.25, -0.2) is 19.0 Å². The van der Waals surface area contributed by atoms with Gasteiger partial charge in [0.15, 0.2) is 5.16 Å². The van der Waals surface area contributed by atoms with E-state index in [0.29, 0.717) is 16.7 Å². The number of nitrogens with two attached hydrogens (primary N) is 1. The third kappa shape index (κ3) is 3.24. The topological polar surface area (TPSA) is 69.6 Å². The van der Waals surface area contributed by atoms with E-state index in [9.17, 15) is 4.39 Å². The normalized spacial score (nSPS) is 13.2. The number of hydrogen-bond acceptors (Lipinski definition) is 5. The summed E-state index contributed by atoms with van der Waals surface area (Å²) in [5.41, 5.74) is 11.1. The molecule has 1 aliphatic rings. The predicted molar refractivity (Wildman–Crippen MR) is 96.3 cm³/mol. The van der Waals surface area contributed by atoms with Gasteiger partial charge in [0.05, 0.1) is 11.4 Å². The minimum Gasteiger partial charge on any atom is -0.384 e. The fraction of sp³-hybridized carbons (Fsp3) is 0.278. The van der Waals surface area contributed by atoms with Crippen molar-refractivity contribution in [3.05, 3.63) is 58.8 Å². The zero-order chi connectivity index (χ0) is 17.4. The largest absolute Gasteiger partial charge is 0.384 e. The van der Waals surface area contributed by atoms with Crippen LogP contribution in [-0.4, -0.2) is 19.7 Å². The SMILES string of the molecule is Cc1cc(N)nc(SCc2nn(-c3ccc(F)cc3)c3c2CCC3)n1. The monoisotopic (exact) mass is 355 g/mol. The second-order valence-electron chi connectivity index (χ2n) is 6.12. The Morgan fingerprint density at radius 2 is 2.00 bits per heavy atom. The highest BCUT2D eigenvalue weighted by molar-refractivity contribution is 7.98. The van der Waals surface area contributed by atoms with E-state index in [2.05, 4.69) is 9.97 Å². The number of hydrogen-bond donors (Lipinski definition) is 1. The molecule has 7 heteroatoms. The second-order valence-corrected chi connectivity index (χ2v) is 7.06. The number of fused-ring (bicyclic) bond motifs is 1. The van der Waals surface area contributed by atoms with Crippen molar-refractivity contribution in [3.63, 3.8) is 0 Å². The maximum Gasteiger partial charge on any atom is 0.190 e. The fourth-order valence-electron chi connectivity index (χ4n) is 3.19. The average Bonchev–Trinajstić information content (AvgIpc) is 3.16. The van der Waals surface area contributed by atoms with Crippen molar-refractivity contribution in [3.8, 4) is 5.69 Å². The molecule has 0 bridgehead atoms. The number of nitrogens with zero attached hydrogens (tertiary/aromatic N) is 4. The lowest BCUT2D eigenvalue weighted by Crippen LogP contribution is -2.01. The Morgan fingerprint density at radius 1 is 1.20 bits per heavy atom. The summed E-state index contributed by atoms with van der Waals surface area (Å²) >= 11 is 1.54. The summed E-state index contributed by atoms with van der Waals surface area (Å²) < 4.78 is 15.1. The van der Waals surface area contributed by atoms with Crippen LogP contribution in [0.2, 0.25) is 0 Å². The molecule has 2 N–H and O–H groups in total. The number of thioether (sulfide) groups is 1. The van der Waals surface area contributed by atoms with Crippen LogP contribution >= 0.6 is 11.8 Å². The van der Waals surface area contributed by atoms with E-state index in [0.717, 1.165) is 36.3 Å². The highest BCUT2D eigenvalue weighted by Gasteiger charge is 2.23. The maximum atomic E-state index is 13.2. The highest BCUT2D eigenvalue weighted by atomic mass is 32.2. The summed E-state index contributed by atoms with van der Waals surface area (Å²) in [6.45, 7) is 1.91. The Kier molecular flexibility index (Phi) is 4.17. The van der Waals surface area contributed by atoms with E-state index in [1.165, 1.54) is 23.4 Å². The van der Waals surface area contributed by atoms with Gasteiger partial charge < -0.3 is 5.73 Å². The third-order valence-electron chi connectivity index (χ3n) is 4.28. The van der Waals surface area contributed by atoms with Crippen LogP contribution in [-0.2, 0) is 18.6 Å². The first-order chi connectivity index (χ1) is 12.1. The molecule has 3 aromatic rings. The number of nitrogen functional groups attached to an aromatic ring is 1. The van der Waals surface area contributed by atoms with Crippen LogP contribution < -0.4 is 5.73 Å². The van der Waals surface area contributed by atoms with Crippen LogP contribution in [0.4, 0.5) is 10.2 Å². The smallest absolute Gasteiger partial charge is 0.190 e. The molecule has 0 amide bonds. The first kappa shape index (κ1) is 16.1. The van der Waals surface area contributed by atoms with Gasteiger partial charge >= 0.3 is 0 Å². The van der Waals surface area contributed by atoms with E-state index >= 15 is 0 Å². The first-order valence-electron chi connectivity index (χ1n) is 8.20. The van der Waals surface area contributed by atoms with Crippen molar-refractivity contribution in [2.75, 3.05) is 5.73 Å². The van der Waals surface area contributed by atoms with E-state index in [1.54, 1.807) is 30.0 Å². The maximum absolute atomic E-state index is 13.2. The Labute approximate surface area is 149 Å². The molecule has 25 heavy (non-hydrogen) atoms. The molecule has 0 saturated heterocycles. The Morgan fingerprint density at radius 3 is 2.76 bits per heavy atom. The molecular weight excluding hydrogens is 337 g/mol. The molecule has 0 fully saturated rings. The number of rotatable bonds is 4. The zero-order valence-corrected chi connectivity index (χ0v) is 14.7. The minimum atomic E-state index is -0.238. The number of aromatic nitrogens is 4. The molecule has 4 rings (SSSR count). The molecule has 1 aliphatic carbocycles. The summed E-state index contributed by atoms with van der Waals surface area (Å²) in [5, 5.41) is 5.45. The number of halogens is 1. The Balaban J connectivity index is 1.62. The lowest BCUT2D eigenvalue weighted by Gasteiger charge is -2.05. The van der Waals surface area contributed by atoms with Crippen LogP contribution in [0.25, 0.3) is 5.69 Å². The summed E-state index contributed by atoms with van der Waals surface area (Å²) in [6, 6.07) is 8.22. The Hall–Kier alpha value is -2.41. The Bertz CT molecular complexity index is 900. The van der Waals surface area contributed by atoms with Gasteiger partial charge in [-0.15, -0.1) is 0 Å². The molecular formula is C18H18FN5S. The molecule has 0 atom stereocenters. The van der Waals surface area contributed by atoms with E-state index in [-0.39, 0.29) is 5.82 Å². The number of benzene rings is 1. The average molecular weight is 355 g/mol. The van der Waals surface area contributed by atoms with E-state index in [4.69, 9.17) is 10.8 Å². The fourth-order valence-corrected chi connectivity index (χ4v) is 4.06. The third-order valence-corrected chi connectivity index (χ3v) is 5.13. The van der Waals surface area contributed by atoms with Gasteiger partial charge in [-0.1, -0.05) is 11.8 Å². The molecule has 0 radical (unpaired) electrons. The molecule has 0 spiro atoms. The minimum absolute atomic E-state index is 0.238. The quantitative estimate of drug-likeness (QED) is 0.573. The summed E-state index contributed by atoms with van der Waals surface area (Å²) in [5.74, 6) is 0.939. The van der Waals surface area contributed by atoms with Crippen molar-refractivity contribution >= 4 is 17.6 Å². The number of anilines is 1. The van der Waals surface area contributed by atoms with Crippen LogP contribution in [0.5, 0.6) is 0 Å². The number of aryl methyl sites for hydroxylation is 1. The summed E-state index contributed by atoms with van der Waals surface area (Å²) in [6.07, 6.45) is 3.15. The van der Waals surface area contributed by atoms with Gasteiger partial charge in [0.25, 0.3) is 0 Å². The highest BCUT2D eigenvalue weighted by Crippen LogP contribution is 2.31. The lowest BCUT2D eigenvalue weighted by atomic mass is 10.2. The van der Waals surface area contributed by atoms with Gasteiger partial charge in [0.2, 0.25) is 0 Å². The van der Waals surface area contributed by atoms with Crippen LogP contribution in [0, 0.1) is 12.7 Å². The van der Waals surface area contributed by atoms with Crippen molar-refractivity contribution in [2.24, 2.45) is 0 Å². The van der Waals surface area contributed by atoms with Gasteiger partial charge in [-0.2, -0.15) is 5.10 Å². The van der Waals surface area contributed by atoms with Crippen LogP contribution in [0.1, 0.15) is 29.1 Å². The van der Waals surface area contributed by atoms with Gasteiger partial charge in [0, 0.05) is 23.2 Å². The van der Waals surface area contributed by atoms with Crippen LogP contribution in [0.3, 0.4) is 0 Å². The molecule has 2 aromatic heterocycles. The van der Waals surface area contributed by atoms with Gasteiger partial charge in [-0.05, 0) is 56.0 Å². The molecule has 128 valence electrons. The summed E-state index contributed by atoms with van der Waals surface area (Å²) in [7, 11) is 0. The molecule has 1 aromatic carbocycles. The molecule has 0 saturated carbocycles. The van der Waals surface area contributed by atoms with E-state index < -0.39 is 0 Å². The predicted octanol–water partition coefficient (Wildman–Crippen LogP) is 3.47. The van der Waals surface area contributed by atoms with Crippen molar-refractivity contribution < 1.29 is 4.39 Å². The second kappa shape index (κ2) is 6.48. The van der Waals surface area contributed by atoms with Crippen molar-refractivity contribution in [1.29, 1.82) is 0 Å². The van der Waals surface area contributed by atoms with Crippen molar-refractivity contribution in [2.45, 2.75) is 37.1 Å². The zero-order valence-electron chi connectivity index (χ0n) is 13.9. The lowest BCUT2D eigenvalue weighted by molar-refractivity contribution is 0.626. The molecule has 2 heterocycles. The van der Waals surface area contributed by atoms with E-state index in [1.807, 2.05) is 11.6 Å². The van der Waals surface area contributed by atoms with Gasteiger partial charge in [-0.3, -0.25) is 0 Å². The standard InChI is InChI=1S/C18H18FN5S/c1-11-9-17(20)22-18(21-11)25-10-15-14-3-2-4-16(14)24(23-15)13-7-5-12(19)6-8-13/h5-9H,2-4,10H2,1H3,(H2,20,21,22). The van der Waals surface area contributed by atoms with Crippen molar-refractivity contribution in [1.82, 2.24) is 19.7 Å². The first-order valence-corrected chi connectivity index (χ1v) is 9.18. The molecule has 5 nitrogen and oxygen atoms in total. The van der Waals surface area contributed by atoms with Crippen LogP contribution in [0.15, 0.2) is 35.5 Å². The molecule has 0 aliphatic heterocycles.